The molecule has 2 N–H and O–H groups in total. The molecule has 3 aromatic rings. The van der Waals surface area contributed by atoms with Gasteiger partial charge in [0.05, 0.1) is 0 Å². The van der Waals surface area contributed by atoms with E-state index in [4.69, 9.17) is 0 Å². The molecule has 1 aliphatic rings. The van der Waals surface area contributed by atoms with Gasteiger partial charge in [0.2, 0.25) is 0 Å². The number of rotatable bonds is 6. The lowest BCUT2D eigenvalue weighted by molar-refractivity contribution is 0.251. The first-order valence-corrected chi connectivity index (χ1v) is 10.9. The van der Waals surface area contributed by atoms with Crippen molar-refractivity contribution < 1.29 is 4.79 Å². The highest BCUT2D eigenvalue weighted by Crippen LogP contribution is 2.23. The summed E-state index contributed by atoms with van der Waals surface area (Å²) in [7, 11) is 0. The Hall–Kier alpha value is -3.02. The molecule has 3 heterocycles. The van der Waals surface area contributed by atoms with Crippen LogP contribution in [0.1, 0.15) is 38.7 Å². The quantitative estimate of drug-likeness (QED) is 0.606. The second kappa shape index (κ2) is 9.20. The van der Waals surface area contributed by atoms with Gasteiger partial charge in [0, 0.05) is 60.7 Å². The number of piperidine rings is 1. The molecule has 0 aliphatic carbocycles. The SMILES string of the molecule is CC(C)Cn1ccc2cc(NC(=O)NCc3cccnc3N3CCCCC3)ccc21. The summed E-state index contributed by atoms with van der Waals surface area (Å²) in [6.45, 7) is 7.94. The fourth-order valence-electron chi connectivity index (χ4n) is 4.14. The minimum absolute atomic E-state index is 0.204. The van der Waals surface area contributed by atoms with E-state index in [0.717, 1.165) is 42.1 Å². The summed E-state index contributed by atoms with van der Waals surface area (Å²) in [5.41, 5.74) is 3.04. The van der Waals surface area contributed by atoms with Crippen LogP contribution in [0.4, 0.5) is 16.3 Å². The van der Waals surface area contributed by atoms with Gasteiger partial charge in [-0.15, -0.1) is 0 Å². The number of amides is 2. The third-order valence-electron chi connectivity index (χ3n) is 5.55. The van der Waals surface area contributed by atoms with Crippen molar-refractivity contribution in [2.24, 2.45) is 5.92 Å². The Labute approximate surface area is 178 Å². The molecule has 1 fully saturated rings. The molecule has 6 heteroatoms. The summed E-state index contributed by atoms with van der Waals surface area (Å²) in [6, 6.07) is 11.9. The maximum Gasteiger partial charge on any atom is 0.319 e. The number of benzene rings is 1. The van der Waals surface area contributed by atoms with E-state index in [1.54, 1.807) is 0 Å². The van der Waals surface area contributed by atoms with E-state index in [0.29, 0.717) is 12.5 Å². The first kappa shape index (κ1) is 20.3. The van der Waals surface area contributed by atoms with Gasteiger partial charge in [0.25, 0.3) is 0 Å². The van der Waals surface area contributed by atoms with Crippen molar-refractivity contribution in [2.75, 3.05) is 23.3 Å². The zero-order valence-corrected chi connectivity index (χ0v) is 17.9. The van der Waals surface area contributed by atoms with Gasteiger partial charge in [-0.1, -0.05) is 19.9 Å². The minimum atomic E-state index is -0.204. The monoisotopic (exact) mass is 405 g/mol. The molecule has 2 amide bonds. The fourth-order valence-corrected chi connectivity index (χ4v) is 4.14. The Balaban J connectivity index is 1.38. The Bertz CT molecular complexity index is 1000. The number of hydrogen-bond acceptors (Lipinski definition) is 3. The van der Waals surface area contributed by atoms with Crippen molar-refractivity contribution >= 4 is 28.4 Å². The molecule has 158 valence electrons. The number of aromatic nitrogens is 2. The Morgan fingerprint density at radius 3 is 2.77 bits per heavy atom. The normalized spacial score (nSPS) is 14.3. The zero-order valence-electron chi connectivity index (χ0n) is 17.9. The predicted octanol–water partition coefficient (Wildman–Crippen LogP) is 5.00. The number of hydrogen-bond donors (Lipinski definition) is 2. The Kier molecular flexibility index (Phi) is 6.21. The van der Waals surface area contributed by atoms with Crippen LogP contribution in [0, 0.1) is 5.92 Å². The molecule has 0 radical (unpaired) electrons. The van der Waals surface area contributed by atoms with Gasteiger partial charge in [-0.2, -0.15) is 0 Å². The summed E-state index contributed by atoms with van der Waals surface area (Å²) in [5, 5.41) is 7.08. The molecule has 0 saturated carbocycles. The van der Waals surface area contributed by atoms with Crippen molar-refractivity contribution in [3.05, 3.63) is 54.4 Å². The van der Waals surface area contributed by atoms with Gasteiger partial charge < -0.3 is 20.1 Å². The molecule has 1 aliphatic heterocycles. The number of carbonyl (C=O) groups is 1. The first-order valence-electron chi connectivity index (χ1n) is 10.9. The minimum Gasteiger partial charge on any atom is -0.356 e. The lowest BCUT2D eigenvalue weighted by Crippen LogP contribution is -2.33. The van der Waals surface area contributed by atoms with E-state index in [2.05, 4.69) is 57.3 Å². The lowest BCUT2D eigenvalue weighted by Gasteiger charge is -2.29. The standard InChI is InChI=1S/C24H31N5O/c1-18(2)17-29-14-10-19-15-21(8-9-22(19)29)27-24(30)26-16-20-7-6-11-25-23(20)28-12-4-3-5-13-28/h6-11,14-15,18H,3-5,12-13,16-17H2,1-2H3,(H2,26,27,30). The average Bonchev–Trinajstić information content (AvgIpc) is 3.14. The molecular weight excluding hydrogens is 374 g/mol. The third kappa shape index (κ3) is 4.75. The summed E-state index contributed by atoms with van der Waals surface area (Å²) >= 11 is 0. The molecule has 0 spiro atoms. The maximum absolute atomic E-state index is 12.5. The Morgan fingerprint density at radius 1 is 1.13 bits per heavy atom. The number of anilines is 2. The topological polar surface area (TPSA) is 62.2 Å². The van der Waals surface area contributed by atoms with Crippen LogP contribution in [0.5, 0.6) is 0 Å². The van der Waals surface area contributed by atoms with Gasteiger partial charge in [0.1, 0.15) is 5.82 Å². The van der Waals surface area contributed by atoms with Crippen LogP contribution in [-0.4, -0.2) is 28.7 Å². The molecule has 1 aromatic carbocycles. The number of fused-ring (bicyclic) bond motifs is 1. The van der Waals surface area contributed by atoms with Crippen molar-refractivity contribution in [1.82, 2.24) is 14.9 Å². The van der Waals surface area contributed by atoms with Gasteiger partial charge >= 0.3 is 6.03 Å². The van der Waals surface area contributed by atoms with Crippen LogP contribution in [0.15, 0.2) is 48.8 Å². The van der Waals surface area contributed by atoms with E-state index in [-0.39, 0.29) is 6.03 Å². The van der Waals surface area contributed by atoms with E-state index < -0.39 is 0 Å². The largest absolute Gasteiger partial charge is 0.356 e. The second-order valence-corrected chi connectivity index (χ2v) is 8.48. The van der Waals surface area contributed by atoms with Gasteiger partial charge in [-0.05, 0) is 55.5 Å². The molecule has 0 unspecified atom stereocenters. The highest BCUT2D eigenvalue weighted by Gasteiger charge is 2.16. The predicted molar refractivity (Wildman–Crippen MR) is 123 cm³/mol. The van der Waals surface area contributed by atoms with Crippen molar-refractivity contribution in [1.29, 1.82) is 0 Å². The molecule has 6 nitrogen and oxygen atoms in total. The van der Waals surface area contributed by atoms with E-state index in [1.165, 1.54) is 24.8 Å². The molecule has 0 bridgehead atoms. The van der Waals surface area contributed by atoms with Crippen LogP contribution in [0.3, 0.4) is 0 Å². The highest BCUT2D eigenvalue weighted by atomic mass is 16.2. The van der Waals surface area contributed by atoms with E-state index in [9.17, 15) is 4.79 Å². The molecule has 0 atom stereocenters. The molecule has 1 saturated heterocycles. The Morgan fingerprint density at radius 2 is 1.97 bits per heavy atom. The second-order valence-electron chi connectivity index (χ2n) is 8.48. The average molecular weight is 406 g/mol. The number of nitrogens with one attached hydrogen (secondary N) is 2. The number of nitrogens with zero attached hydrogens (tertiary/aromatic N) is 3. The fraction of sp³-hybridized carbons (Fsp3) is 0.417. The summed E-state index contributed by atoms with van der Waals surface area (Å²) in [6.07, 6.45) is 7.62. The smallest absolute Gasteiger partial charge is 0.319 e. The molecular formula is C24H31N5O. The third-order valence-corrected chi connectivity index (χ3v) is 5.55. The zero-order chi connectivity index (χ0) is 20.9. The number of pyridine rings is 1. The first-order chi connectivity index (χ1) is 14.6. The summed E-state index contributed by atoms with van der Waals surface area (Å²) in [4.78, 5) is 19.4. The highest BCUT2D eigenvalue weighted by molar-refractivity contribution is 5.93. The maximum atomic E-state index is 12.5. The number of carbonyl (C=O) groups excluding carboxylic acids is 1. The van der Waals surface area contributed by atoms with Crippen LogP contribution in [0.25, 0.3) is 10.9 Å². The van der Waals surface area contributed by atoms with Crippen LogP contribution >= 0.6 is 0 Å². The van der Waals surface area contributed by atoms with E-state index >= 15 is 0 Å². The summed E-state index contributed by atoms with van der Waals surface area (Å²) in [5.74, 6) is 1.58. The van der Waals surface area contributed by atoms with Crippen molar-refractivity contribution in [3.63, 3.8) is 0 Å². The molecule has 30 heavy (non-hydrogen) atoms. The van der Waals surface area contributed by atoms with E-state index in [1.807, 2.05) is 30.5 Å². The molecule has 2 aromatic heterocycles. The van der Waals surface area contributed by atoms with Gasteiger partial charge in [0.15, 0.2) is 0 Å². The lowest BCUT2D eigenvalue weighted by atomic mass is 10.1. The molecule has 4 rings (SSSR count). The summed E-state index contributed by atoms with van der Waals surface area (Å²) < 4.78 is 2.26. The van der Waals surface area contributed by atoms with Crippen molar-refractivity contribution in [2.45, 2.75) is 46.2 Å². The number of urea groups is 1. The van der Waals surface area contributed by atoms with Crippen molar-refractivity contribution in [3.8, 4) is 0 Å². The van der Waals surface area contributed by atoms with Crippen LogP contribution in [-0.2, 0) is 13.1 Å². The van der Waals surface area contributed by atoms with Gasteiger partial charge in [-0.3, -0.25) is 0 Å². The van der Waals surface area contributed by atoms with Crippen LogP contribution in [0.2, 0.25) is 0 Å². The van der Waals surface area contributed by atoms with Crippen LogP contribution < -0.4 is 15.5 Å². The van der Waals surface area contributed by atoms with Gasteiger partial charge in [-0.25, -0.2) is 9.78 Å².